The fourth-order valence-electron chi connectivity index (χ4n) is 8.07. The summed E-state index contributed by atoms with van der Waals surface area (Å²) in [5.74, 6) is -3.19. The van der Waals surface area contributed by atoms with Crippen LogP contribution in [-0.4, -0.2) is 89.2 Å². The zero-order chi connectivity index (χ0) is 53.3. The number of hydrogen-bond acceptors (Lipinski definition) is 11. The number of ether oxygens (including phenoxy) is 5. The molecule has 3 N–H and O–H groups in total. The Kier molecular flexibility index (Phi) is 44.7. The van der Waals surface area contributed by atoms with E-state index in [1.165, 1.54) is 51.4 Å². The van der Waals surface area contributed by atoms with Crippen LogP contribution in [0.15, 0.2) is 85.1 Å². The lowest BCUT2D eigenvalue weighted by atomic mass is 9.98. The molecule has 1 rings (SSSR count). The van der Waals surface area contributed by atoms with E-state index < -0.39 is 67.3 Å². The van der Waals surface area contributed by atoms with Crippen LogP contribution < -0.4 is 0 Å². The van der Waals surface area contributed by atoms with E-state index in [-0.39, 0.29) is 25.9 Å². The molecule has 0 spiro atoms. The molecular weight excluding hydrogens is 925 g/mol. The molecule has 0 bridgehead atoms. The number of hydrogen-bond donors (Lipinski definition) is 3. The van der Waals surface area contributed by atoms with E-state index in [9.17, 15) is 34.5 Å². The third-order valence-corrected chi connectivity index (χ3v) is 12.5. The van der Waals surface area contributed by atoms with Gasteiger partial charge in [0.1, 0.15) is 18.8 Å². The summed E-state index contributed by atoms with van der Waals surface area (Å²) in [6.07, 6.45) is 49.9. The first kappa shape index (κ1) is 66.9. The van der Waals surface area contributed by atoms with Gasteiger partial charge in [0.15, 0.2) is 24.6 Å². The van der Waals surface area contributed by atoms with Crippen molar-refractivity contribution < 1.29 is 58.2 Å². The summed E-state index contributed by atoms with van der Waals surface area (Å²) >= 11 is 0. The van der Waals surface area contributed by atoms with Gasteiger partial charge in [-0.2, -0.15) is 0 Å². The predicted molar refractivity (Wildman–Crippen MR) is 294 cm³/mol. The monoisotopic (exact) mass is 1020 g/mol. The molecule has 0 saturated carbocycles. The highest BCUT2D eigenvalue weighted by Gasteiger charge is 2.50. The average Bonchev–Trinajstić information content (AvgIpc) is 3.37. The van der Waals surface area contributed by atoms with Crippen molar-refractivity contribution in [2.24, 2.45) is 0 Å². The molecule has 0 aromatic heterocycles. The van der Waals surface area contributed by atoms with Crippen molar-refractivity contribution in [3.63, 3.8) is 0 Å². The first-order valence-electron chi connectivity index (χ1n) is 28.6. The minimum Gasteiger partial charge on any atom is -0.479 e. The molecule has 6 unspecified atom stereocenters. The number of carboxylic acids is 1. The van der Waals surface area contributed by atoms with Crippen LogP contribution in [0.5, 0.6) is 0 Å². The van der Waals surface area contributed by atoms with E-state index in [4.69, 9.17) is 23.7 Å². The van der Waals surface area contributed by atoms with Crippen molar-refractivity contribution in [2.75, 3.05) is 13.2 Å². The topological polar surface area (TPSA) is 175 Å². The van der Waals surface area contributed by atoms with Crippen molar-refractivity contribution in [3.8, 4) is 0 Å². The molecular formula is C61H100O12. The van der Waals surface area contributed by atoms with Gasteiger partial charge in [-0.15, -0.1) is 0 Å². The highest BCUT2D eigenvalue weighted by atomic mass is 16.7. The summed E-state index contributed by atoms with van der Waals surface area (Å²) in [6.45, 7) is 5.79. The zero-order valence-electron chi connectivity index (χ0n) is 45.6. The fourth-order valence-corrected chi connectivity index (χ4v) is 8.07. The van der Waals surface area contributed by atoms with Gasteiger partial charge in [0.25, 0.3) is 0 Å². The van der Waals surface area contributed by atoms with Gasteiger partial charge >= 0.3 is 23.9 Å². The minimum atomic E-state index is -1.92. The molecule has 1 saturated heterocycles. The molecule has 0 aromatic carbocycles. The van der Waals surface area contributed by atoms with Crippen LogP contribution in [0.3, 0.4) is 0 Å². The van der Waals surface area contributed by atoms with Crippen LogP contribution in [-0.2, 0) is 42.9 Å². The van der Waals surface area contributed by atoms with Gasteiger partial charge in [-0.25, -0.2) is 4.79 Å². The SMILES string of the molecule is CC/C=C\C/C=C\C/C=C\C/C=C\C/C=C\CCCCCC(=O)OC1C(OCC(COC(=O)CCCCCCC/C=C\C/C=C\CCCCC)OC(=O)CCCCCCCCCCC)OC(C(=O)O)C(O)C1O. The Labute approximate surface area is 441 Å². The number of carboxylic acid groups (broad SMARTS) is 1. The first-order chi connectivity index (χ1) is 35.6. The van der Waals surface area contributed by atoms with Gasteiger partial charge < -0.3 is 39.0 Å². The van der Waals surface area contributed by atoms with Gasteiger partial charge in [0, 0.05) is 19.3 Å². The van der Waals surface area contributed by atoms with Crippen LogP contribution in [0.4, 0.5) is 0 Å². The van der Waals surface area contributed by atoms with Crippen LogP contribution in [0.2, 0.25) is 0 Å². The van der Waals surface area contributed by atoms with Gasteiger partial charge in [0.05, 0.1) is 6.61 Å². The number of carbonyl (C=O) groups is 4. The molecule has 1 aliphatic rings. The Balaban J connectivity index is 2.69. The van der Waals surface area contributed by atoms with Crippen molar-refractivity contribution >= 4 is 23.9 Å². The van der Waals surface area contributed by atoms with E-state index in [0.717, 1.165) is 116 Å². The zero-order valence-corrected chi connectivity index (χ0v) is 45.6. The fraction of sp³-hybridized carbons (Fsp3) is 0.705. The molecule has 6 atom stereocenters. The molecule has 73 heavy (non-hydrogen) atoms. The Morgan fingerprint density at radius 3 is 1.36 bits per heavy atom. The van der Waals surface area contributed by atoms with E-state index >= 15 is 0 Å². The normalized spacial score (nSPS) is 18.9. The summed E-state index contributed by atoms with van der Waals surface area (Å²) in [4.78, 5) is 50.9. The highest BCUT2D eigenvalue weighted by Crippen LogP contribution is 2.26. The second-order valence-electron chi connectivity index (χ2n) is 19.2. The van der Waals surface area contributed by atoms with Gasteiger partial charge in [-0.05, 0) is 96.3 Å². The number of aliphatic hydroxyl groups excluding tert-OH is 2. The lowest BCUT2D eigenvalue weighted by Gasteiger charge is -2.40. The highest BCUT2D eigenvalue weighted by molar-refractivity contribution is 5.74. The molecule has 1 heterocycles. The number of esters is 3. The minimum absolute atomic E-state index is 0.0177. The Morgan fingerprint density at radius 2 is 0.863 bits per heavy atom. The van der Waals surface area contributed by atoms with E-state index in [2.05, 4.69) is 106 Å². The summed E-state index contributed by atoms with van der Waals surface area (Å²) < 4.78 is 28.3. The maximum absolute atomic E-state index is 13.1. The smallest absolute Gasteiger partial charge is 0.335 e. The second kappa shape index (κ2) is 48.8. The van der Waals surface area contributed by atoms with E-state index in [0.29, 0.717) is 19.3 Å². The number of aliphatic carboxylic acids is 1. The molecule has 0 aromatic rings. The quantitative estimate of drug-likeness (QED) is 0.0228. The van der Waals surface area contributed by atoms with Gasteiger partial charge in [0.2, 0.25) is 0 Å². The van der Waals surface area contributed by atoms with Crippen molar-refractivity contribution in [1.29, 1.82) is 0 Å². The molecule has 1 fully saturated rings. The van der Waals surface area contributed by atoms with Gasteiger partial charge in [-0.3, -0.25) is 14.4 Å². The maximum Gasteiger partial charge on any atom is 0.335 e. The Morgan fingerprint density at radius 1 is 0.466 bits per heavy atom. The number of rotatable bonds is 47. The number of unbranched alkanes of at least 4 members (excludes halogenated alkanes) is 19. The molecule has 0 amide bonds. The summed E-state index contributed by atoms with van der Waals surface area (Å²) in [5, 5.41) is 31.4. The third-order valence-electron chi connectivity index (χ3n) is 12.5. The molecule has 0 aliphatic carbocycles. The first-order valence-corrected chi connectivity index (χ1v) is 28.6. The van der Waals surface area contributed by atoms with Crippen LogP contribution in [0.1, 0.15) is 226 Å². The van der Waals surface area contributed by atoms with Crippen LogP contribution >= 0.6 is 0 Å². The van der Waals surface area contributed by atoms with E-state index in [1.807, 2.05) is 0 Å². The van der Waals surface area contributed by atoms with E-state index in [1.54, 1.807) is 0 Å². The van der Waals surface area contributed by atoms with Gasteiger partial charge in [-0.1, -0.05) is 196 Å². The number of aliphatic hydroxyl groups is 2. The lowest BCUT2D eigenvalue weighted by Crippen LogP contribution is -2.61. The van der Waals surface area contributed by atoms with Crippen LogP contribution in [0.25, 0.3) is 0 Å². The maximum atomic E-state index is 13.1. The predicted octanol–water partition coefficient (Wildman–Crippen LogP) is 14.3. The average molecular weight is 1030 g/mol. The second-order valence-corrected chi connectivity index (χ2v) is 19.2. The molecule has 12 nitrogen and oxygen atoms in total. The molecule has 12 heteroatoms. The molecule has 0 radical (unpaired) electrons. The standard InChI is InChI=1S/C61H100O12/c1-4-7-10-13-16-19-21-23-25-26-27-28-30-32-34-37-40-43-46-49-55(64)72-59-57(66)56(65)58(60(67)68)73-61(59)70-51-52(71-54(63)48-45-42-39-35-18-15-12-9-6-3)50-69-53(62)47-44-41-38-36-33-31-29-24-22-20-17-14-11-8-5-2/h7,10,16-17,19-20,23-25,27-29,32,34,52,56-59,61,65-66H,4-6,8-9,11-15,18,21-22,26,30-31,33,35-51H2,1-3H3,(H,67,68)/b10-7-,19-16-,20-17-,25-23-,28-27-,29-24-,34-32-. The summed E-state index contributed by atoms with van der Waals surface area (Å²) in [7, 11) is 0. The molecule has 416 valence electrons. The van der Waals surface area contributed by atoms with Crippen molar-refractivity contribution in [2.45, 2.75) is 263 Å². The Hall–Kier alpha value is -4.10. The van der Waals surface area contributed by atoms with Crippen LogP contribution in [0, 0.1) is 0 Å². The Bertz CT molecular complexity index is 1590. The number of carbonyl (C=O) groups excluding carboxylic acids is 3. The summed E-state index contributed by atoms with van der Waals surface area (Å²) in [5.41, 5.74) is 0. The number of allylic oxidation sites excluding steroid dienone is 14. The summed E-state index contributed by atoms with van der Waals surface area (Å²) in [6, 6.07) is 0. The molecule has 1 aliphatic heterocycles. The largest absolute Gasteiger partial charge is 0.479 e. The van der Waals surface area contributed by atoms with Crippen molar-refractivity contribution in [1.82, 2.24) is 0 Å². The van der Waals surface area contributed by atoms with Crippen molar-refractivity contribution in [3.05, 3.63) is 85.1 Å². The lowest BCUT2D eigenvalue weighted by molar-refractivity contribution is -0.301. The third kappa shape index (κ3) is 39.0.